The zero-order valence-corrected chi connectivity index (χ0v) is 14.7. The number of carbonyl (C=O) groups excluding carboxylic acids is 1. The maximum absolute atomic E-state index is 12.6. The molecule has 2 heterocycles. The number of ether oxygens (including phenoxy) is 2. The third kappa shape index (κ3) is 3.75. The maximum Gasteiger partial charge on any atom is 0.253 e. The summed E-state index contributed by atoms with van der Waals surface area (Å²) in [5, 5.41) is 11.2. The van der Waals surface area contributed by atoms with E-state index in [4.69, 9.17) is 21.1 Å². The Balaban J connectivity index is 1.64. The van der Waals surface area contributed by atoms with Gasteiger partial charge in [-0.05, 0) is 31.0 Å². The number of aliphatic hydroxyl groups is 1. The van der Waals surface area contributed by atoms with Gasteiger partial charge in [-0.2, -0.15) is 0 Å². The molecule has 1 aromatic rings. The number of amides is 1. The van der Waals surface area contributed by atoms with Gasteiger partial charge in [0.2, 0.25) is 0 Å². The van der Waals surface area contributed by atoms with Crippen molar-refractivity contribution in [3.8, 4) is 0 Å². The lowest BCUT2D eigenvalue weighted by molar-refractivity contribution is -0.189. The molecule has 2 aliphatic heterocycles. The topological polar surface area (TPSA) is 59.0 Å². The van der Waals surface area contributed by atoms with Gasteiger partial charge in [0.1, 0.15) is 0 Å². The highest BCUT2D eigenvalue weighted by molar-refractivity contribution is 6.30. The SMILES string of the molecule is COCC1(O)CCOC2(CCN(C(=O)c3cccc(Cl)c3)CC2)C1. The first-order chi connectivity index (χ1) is 11.5. The van der Waals surface area contributed by atoms with Gasteiger partial charge >= 0.3 is 0 Å². The van der Waals surface area contributed by atoms with E-state index in [1.54, 1.807) is 31.4 Å². The first-order valence-corrected chi connectivity index (χ1v) is 8.73. The number of likely N-dealkylation sites (tertiary alicyclic amines) is 1. The maximum atomic E-state index is 12.6. The molecule has 0 saturated carbocycles. The second-order valence-corrected chi connectivity index (χ2v) is 7.35. The van der Waals surface area contributed by atoms with Gasteiger partial charge < -0.3 is 19.5 Å². The minimum absolute atomic E-state index is 0.00434. The van der Waals surface area contributed by atoms with Gasteiger partial charge in [-0.3, -0.25) is 4.79 Å². The molecular weight excluding hydrogens is 330 g/mol. The fourth-order valence-electron chi connectivity index (χ4n) is 3.83. The Hall–Kier alpha value is -1.14. The molecule has 6 heteroatoms. The molecule has 24 heavy (non-hydrogen) atoms. The molecule has 0 aromatic heterocycles. The molecule has 0 bridgehead atoms. The van der Waals surface area contributed by atoms with Crippen LogP contribution in [0.5, 0.6) is 0 Å². The molecular formula is C18H24ClNO4. The average molecular weight is 354 g/mol. The summed E-state index contributed by atoms with van der Waals surface area (Å²) in [6.07, 6.45) is 2.61. The van der Waals surface area contributed by atoms with Crippen molar-refractivity contribution in [3.63, 3.8) is 0 Å². The van der Waals surface area contributed by atoms with E-state index >= 15 is 0 Å². The molecule has 0 aliphatic carbocycles. The standard InChI is InChI=1S/C18H24ClNO4/c1-23-13-17(22)7-10-24-18(12-17)5-8-20(9-6-18)16(21)14-3-2-4-15(19)11-14/h2-4,11,22H,5-10,12-13H2,1H3. The van der Waals surface area contributed by atoms with Gasteiger partial charge in [0.15, 0.2) is 0 Å². The van der Waals surface area contributed by atoms with Crippen molar-refractivity contribution in [1.82, 2.24) is 4.90 Å². The van der Waals surface area contributed by atoms with E-state index in [9.17, 15) is 9.90 Å². The fourth-order valence-corrected chi connectivity index (χ4v) is 4.02. The van der Waals surface area contributed by atoms with Crippen molar-refractivity contribution >= 4 is 17.5 Å². The molecule has 1 unspecified atom stereocenters. The summed E-state index contributed by atoms with van der Waals surface area (Å²) in [5.41, 5.74) is -0.568. The molecule has 1 amide bonds. The van der Waals surface area contributed by atoms with E-state index < -0.39 is 5.60 Å². The van der Waals surface area contributed by atoms with Crippen molar-refractivity contribution in [2.75, 3.05) is 33.4 Å². The number of carbonyl (C=O) groups is 1. The molecule has 0 radical (unpaired) electrons. The Bertz CT molecular complexity index is 596. The van der Waals surface area contributed by atoms with E-state index in [1.807, 2.05) is 4.90 Å². The predicted octanol–water partition coefficient (Wildman–Crippen LogP) is 2.50. The van der Waals surface area contributed by atoms with Crippen LogP contribution in [0.4, 0.5) is 0 Å². The van der Waals surface area contributed by atoms with Crippen molar-refractivity contribution in [2.45, 2.75) is 36.9 Å². The van der Waals surface area contributed by atoms with E-state index in [1.165, 1.54) is 0 Å². The summed E-state index contributed by atoms with van der Waals surface area (Å²) in [6, 6.07) is 7.03. The summed E-state index contributed by atoms with van der Waals surface area (Å²) in [5.74, 6) is -0.00434. The normalized spacial score (nSPS) is 26.5. The first-order valence-electron chi connectivity index (χ1n) is 8.36. The Morgan fingerprint density at radius 2 is 2.12 bits per heavy atom. The number of nitrogens with zero attached hydrogens (tertiary/aromatic N) is 1. The van der Waals surface area contributed by atoms with Crippen LogP contribution < -0.4 is 0 Å². The van der Waals surface area contributed by atoms with Crippen LogP contribution in [0.3, 0.4) is 0 Å². The highest BCUT2D eigenvalue weighted by Gasteiger charge is 2.47. The van der Waals surface area contributed by atoms with Crippen LogP contribution in [0, 0.1) is 0 Å². The molecule has 5 nitrogen and oxygen atoms in total. The fraction of sp³-hybridized carbons (Fsp3) is 0.611. The van der Waals surface area contributed by atoms with E-state index in [-0.39, 0.29) is 11.5 Å². The van der Waals surface area contributed by atoms with Gasteiger partial charge in [0, 0.05) is 43.6 Å². The van der Waals surface area contributed by atoms with Crippen molar-refractivity contribution in [1.29, 1.82) is 0 Å². The Kier molecular flexibility index (Phi) is 5.16. The van der Waals surface area contributed by atoms with Gasteiger partial charge in [-0.15, -0.1) is 0 Å². The molecule has 1 atom stereocenters. The molecule has 132 valence electrons. The van der Waals surface area contributed by atoms with Crippen LogP contribution in [-0.2, 0) is 9.47 Å². The third-order valence-corrected chi connectivity index (χ3v) is 5.31. The summed E-state index contributed by atoms with van der Waals surface area (Å²) < 4.78 is 11.2. The van der Waals surface area contributed by atoms with E-state index in [0.29, 0.717) is 49.7 Å². The van der Waals surface area contributed by atoms with Gasteiger partial charge in [-0.1, -0.05) is 17.7 Å². The molecule has 1 aromatic carbocycles. The average Bonchev–Trinajstić information content (AvgIpc) is 2.55. The zero-order valence-electron chi connectivity index (χ0n) is 14.0. The molecule has 3 rings (SSSR count). The number of hydrogen-bond donors (Lipinski definition) is 1. The van der Waals surface area contributed by atoms with Crippen LogP contribution in [0.2, 0.25) is 5.02 Å². The van der Waals surface area contributed by atoms with Crippen LogP contribution in [-0.4, -0.2) is 60.5 Å². The van der Waals surface area contributed by atoms with Crippen LogP contribution in [0.25, 0.3) is 0 Å². The minimum Gasteiger partial charge on any atom is -0.387 e. The number of methoxy groups -OCH3 is 1. The lowest BCUT2D eigenvalue weighted by Gasteiger charge is -2.49. The largest absolute Gasteiger partial charge is 0.387 e. The summed E-state index contributed by atoms with van der Waals surface area (Å²) in [4.78, 5) is 14.4. The third-order valence-electron chi connectivity index (χ3n) is 5.07. The number of hydrogen-bond acceptors (Lipinski definition) is 4. The Morgan fingerprint density at radius 1 is 1.38 bits per heavy atom. The highest BCUT2D eigenvalue weighted by Crippen LogP contribution is 2.40. The second-order valence-electron chi connectivity index (χ2n) is 6.92. The second kappa shape index (κ2) is 7.00. The van der Waals surface area contributed by atoms with Gasteiger partial charge in [0.05, 0.1) is 24.4 Å². The van der Waals surface area contributed by atoms with Crippen molar-refractivity contribution in [3.05, 3.63) is 34.9 Å². The summed E-state index contributed by atoms with van der Waals surface area (Å²) in [7, 11) is 1.60. The summed E-state index contributed by atoms with van der Waals surface area (Å²) >= 11 is 5.98. The number of piperidine rings is 1. The molecule has 2 fully saturated rings. The van der Waals surface area contributed by atoms with Crippen LogP contribution >= 0.6 is 11.6 Å². The molecule has 2 aliphatic rings. The van der Waals surface area contributed by atoms with Crippen LogP contribution in [0.1, 0.15) is 36.0 Å². The van der Waals surface area contributed by atoms with E-state index in [2.05, 4.69) is 0 Å². The first kappa shape index (κ1) is 17.7. The monoisotopic (exact) mass is 353 g/mol. The van der Waals surface area contributed by atoms with Gasteiger partial charge in [-0.25, -0.2) is 0 Å². The zero-order chi connectivity index (χ0) is 17.2. The molecule has 2 saturated heterocycles. The van der Waals surface area contributed by atoms with Crippen molar-refractivity contribution < 1.29 is 19.4 Å². The Labute approximate surface area is 147 Å². The quantitative estimate of drug-likeness (QED) is 0.907. The molecule has 1 spiro atoms. The van der Waals surface area contributed by atoms with Crippen molar-refractivity contribution in [2.24, 2.45) is 0 Å². The summed E-state index contributed by atoms with van der Waals surface area (Å²) in [6.45, 7) is 2.09. The number of benzene rings is 1. The lowest BCUT2D eigenvalue weighted by Crippen LogP contribution is -2.56. The number of halogens is 1. The Morgan fingerprint density at radius 3 is 2.79 bits per heavy atom. The molecule has 1 N–H and O–H groups in total. The lowest BCUT2D eigenvalue weighted by atomic mass is 9.77. The highest BCUT2D eigenvalue weighted by atomic mass is 35.5. The number of rotatable bonds is 3. The predicted molar refractivity (Wildman–Crippen MR) is 91.3 cm³/mol. The van der Waals surface area contributed by atoms with E-state index in [0.717, 1.165) is 12.8 Å². The minimum atomic E-state index is -0.827. The van der Waals surface area contributed by atoms with Crippen LogP contribution in [0.15, 0.2) is 24.3 Å². The van der Waals surface area contributed by atoms with Gasteiger partial charge in [0.25, 0.3) is 5.91 Å². The smallest absolute Gasteiger partial charge is 0.253 e.